The number of aliphatic hydroxyl groups is 6. The van der Waals surface area contributed by atoms with Gasteiger partial charge in [-0.1, -0.05) is 0 Å². The lowest BCUT2D eigenvalue weighted by atomic mass is 9.98. The van der Waals surface area contributed by atoms with Crippen molar-refractivity contribution in [3.8, 4) is 40.1 Å². The molecule has 10 atom stereocenters. The van der Waals surface area contributed by atoms with Crippen LogP contribution in [0.25, 0.3) is 22.3 Å². The van der Waals surface area contributed by atoms with E-state index in [2.05, 4.69) is 0 Å². The molecule has 3 heterocycles. The van der Waals surface area contributed by atoms with Crippen molar-refractivity contribution in [2.75, 3.05) is 13.7 Å². The van der Waals surface area contributed by atoms with Gasteiger partial charge in [-0.15, -0.1) is 0 Å². The highest BCUT2D eigenvalue weighted by Crippen LogP contribution is 2.39. The molecule has 16 nitrogen and oxygen atoms in total. The lowest BCUT2D eigenvalue weighted by Crippen LogP contribution is -2.61. The highest BCUT2D eigenvalue weighted by atomic mass is 16.7. The van der Waals surface area contributed by atoms with E-state index in [1.54, 1.807) is 0 Å². The Morgan fingerprint density at radius 3 is 2.14 bits per heavy atom. The predicted molar refractivity (Wildman–Crippen MR) is 145 cm³/mol. The molecule has 16 heteroatoms. The van der Waals surface area contributed by atoms with Gasteiger partial charge >= 0.3 is 0 Å². The van der Waals surface area contributed by atoms with Crippen LogP contribution in [0.5, 0.6) is 28.7 Å². The van der Waals surface area contributed by atoms with Gasteiger partial charge in [-0.25, -0.2) is 0 Å². The third kappa shape index (κ3) is 5.74. The molecule has 240 valence electrons. The number of methoxy groups -OCH3 is 1. The molecule has 2 aromatic carbocycles. The summed E-state index contributed by atoms with van der Waals surface area (Å²) in [6.45, 7) is 0.920. The van der Waals surface area contributed by atoms with Crippen LogP contribution in [0, 0.1) is 0 Å². The maximum absolute atomic E-state index is 13.2. The van der Waals surface area contributed by atoms with E-state index in [-0.39, 0.29) is 33.8 Å². The zero-order valence-electron chi connectivity index (χ0n) is 23.3. The van der Waals surface area contributed by atoms with E-state index in [4.69, 9.17) is 28.1 Å². The summed E-state index contributed by atoms with van der Waals surface area (Å²) in [5.41, 5.74) is -0.835. The van der Waals surface area contributed by atoms with Crippen LogP contribution in [-0.2, 0) is 14.2 Å². The Balaban J connectivity index is 1.40. The minimum absolute atomic E-state index is 0.149. The number of aliphatic hydroxyl groups excluding tert-OH is 6. The number of aromatic hydroxyl groups is 3. The zero-order valence-corrected chi connectivity index (χ0v) is 23.3. The molecule has 0 unspecified atom stereocenters. The summed E-state index contributed by atoms with van der Waals surface area (Å²) in [6.07, 6.45) is -15.3. The van der Waals surface area contributed by atoms with Gasteiger partial charge in [-0.2, -0.15) is 0 Å². The van der Waals surface area contributed by atoms with Crippen molar-refractivity contribution >= 4 is 11.0 Å². The zero-order chi connectivity index (χ0) is 32.0. The van der Waals surface area contributed by atoms with Crippen LogP contribution in [0.2, 0.25) is 0 Å². The fourth-order valence-electron chi connectivity index (χ4n) is 4.99. The molecule has 0 saturated carbocycles. The largest absolute Gasteiger partial charge is 0.507 e. The molecule has 0 amide bonds. The molecule has 1 aromatic heterocycles. The van der Waals surface area contributed by atoms with E-state index in [0.717, 1.165) is 12.1 Å². The first-order valence-corrected chi connectivity index (χ1v) is 13.4. The van der Waals surface area contributed by atoms with Gasteiger partial charge in [0.05, 0.1) is 19.8 Å². The van der Waals surface area contributed by atoms with Crippen molar-refractivity contribution in [1.29, 1.82) is 0 Å². The Morgan fingerprint density at radius 2 is 1.45 bits per heavy atom. The van der Waals surface area contributed by atoms with Gasteiger partial charge in [0.1, 0.15) is 65.2 Å². The Labute approximate surface area is 248 Å². The number of hydrogen-bond acceptors (Lipinski definition) is 16. The number of ether oxygens (including phenoxy) is 5. The van der Waals surface area contributed by atoms with Crippen LogP contribution >= 0.6 is 0 Å². The fourth-order valence-corrected chi connectivity index (χ4v) is 4.99. The first kappa shape index (κ1) is 31.7. The molecule has 0 bridgehead atoms. The highest BCUT2D eigenvalue weighted by molar-refractivity contribution is 5.88. The summed E-state index contributed by atoms with van der Waals surface area (Å²) in [4.78, 5) is 13.2. The third-order valence-corrected chi connectivity index (χ3v) is 7.50. The summed E-state index contributed by atoms with van der Waals surface area (Å²) in [6, 6.07) is 5.84. The van der Waals surface area contributed by atoms with E-state index < -0.39 is 90.7 Å². The molecular weight excluding hydrogens is 592 g/mol. The fraction of sp³-hybridized carbons (Fsp3) is 0.464. The molecule has 2 saturated heterocycles. The van der Waals surface area contributed by atoms with Crippen molar-refractivity contribution in [3.63, 3.8) is 0 Å². The van der Waals surface area contributed by atoms with Crippen LogP contribution in [0.15, 0.2) is 39.5 Å². The topological polar surface area (TPSA) is 258 Å². The summed E-state index contributed by atoms with van der Waals surface area (Å²) in [5, 5.41) is 91.5. The summed E-state index contributed by atoms with van der Waals surface area (Å²) < 4.78 is 33.1. The van der Waals surface area contributed by atoms with Crippen molar-refractivity contribution in [1.82, 2.24) is 0 Å². The highest BCUT2D eigenvalue weighted by Gasteiger charge is 2.47. The van der Waals surface area contributed by atoms with E-state index in [0.29, 0.717) is 0 Å². The number of benzene rings is 2. The van der Waals surface area contributed by atoms with Gasteiger partial charge in [-0.3, -0.25) is 4.79 Å². The lowest BCUT2D eigenvalue weighted by molar-refractivity contribution is -0.318. The Morgan fingerprint density at radius 1 is 0.773 bits per heavy atom. The maximum Gasteiger partial charge on any atom is 0.239 e. The quantitative estimate of drug-likeness (QED) is 0.137. The first-order chi connectivity index (χ1) is 20.8. The molecule has 9 N–H and O–H groups in total. The standard InChI is InChI=1S/C28H32O16/c1-9-18(32)21(35)23(37)27(41-9)40-8-16-19(33)22(36)24(38)28(44-16)42-11-6-14(31)17-15(7-11)43-25(26(39-2)20(17)34)10-3-4-12(29)13(30)5-10/h3-7,9,16,18-19,21-24,27-33,35-38H,8H2,1-2H3/t9-,16+,18-,19+,21+,22-,23+,24+,27+,28+/m0/s1. The molecule has 3 aromatic rings. The number of rotatable bonds is 7. The molecular formula is C28H32O16. The average Bonchev–Trinajstić information content (AvgIpc) is 2.99. The molecule has 5 rings (SSSR count). The van der Waals surface area contributed by atoms with Crippen molar-refractivity contribution in [2.24, 2.45) is 0 Å². The maximum atomic E-state index is 13.2. The lowest BCUT2D eigenvalue weighted by Gasteiger charge is -2.42. The first-order valence-electron chi connectivity index (χ1n) is 13.4. The number of phenols is 3. The van der Waals surface area contributed by atoms with Crippen LogP contribution in [-0.4, -0.2) is 121 Å². The van der Waals surface area contributed by atoms with Gasteiger partial charge in [0, 0.05) is 17.7 Å². The Kier molecular flexibility index (Phi) is 8.90. The smallest absolute Gasteiger partial charge is 0.239 e. The van der Waals surface area contributed by atoms with Crippen molar-refractivity contribution in [2.45, 2.75) is 68.3 Å². The van der Waals surface area contributed by atoms with E-state index in [9.17, 15) is 50.8 Å². The molecule has 0 radical (unpaired) electrons. The second-order valence-corrected chi connectivity index (χ2v) is 10.5. The molecule has 2 fully saturated rings. The predicted octanol–water partition coefficient (Wildman–Crippen LogP) is -1.38. The second-order valence-electron chi connectivity index (χ2n) is 10.5. The van der Waals surface area contributed by atoms with Crippen LogP contribution in [0.1, 0.15) is 6.92 Å². The molecule has 2 aliphatic rings. The number of phenolic OH excluding ortho intramolecular Hbond substituents is 3. The second kappa shape index (κ2) is 12.4. The molecule has 0 aliphatic carbocycles. The van der Waals surface area contributed by atoms with Gasteiger partial charge < -0.3 is 74.1 Å². The summed E-state index contributed by atoms with van der Waals surface area (Å²) in [5.74, 6) is -2.18. The van der Waals surface area contributed by atoms with Crippen LogP contribution in [0.3, 0.4) is 0 Å². The minimum Gasteiger partial charge on any atom is -0.507 e. The average molecular weight is 625 g/mol. The monoisotopic (exact) mass is 624 g/mol. The van der Waals surface area contributed by atoms with E-state index in [1.165, 1.54) is 32.2 Å². The van der Waals surface area contributed by atoms with Crippen molar-refractivity contribution < 1.29 is 74.1 Å². The normalized spacial score (nSPS) is 32.5. The van der Waals surface area contributed by atoms with Gasteiger partial charge in [-0.05, 0) is 25.1 Å². The Hall–Kier alpha value is -3.71. The number of hydrogen-bond donors (Lipinski definition) is 9. The SMILES string of the molecule is COc1c(-c2ccc(O)c(O)c2)oc2cc(O[C@@H]3O[C@H](CO[C@@H]4O[C@@H](C)[C@H](O)[C@@H](O)[C@H]4O)[C@@H](O)[C@H](O)[C@H]3O)cc(O)c2c1=O. The minimum atomic E-state index is -1.81. The third-order valence-electron chi connectivity index (χ3n) is 7.50. The Bertz CT molecular complexity index is 1560. The summed E-state index contributed by atoms with van der Waals surface area (Å²) >= 11 is 0. The van der Waals surface area contributed by atoms with Gasteiger partial charge in [0.2, 0.25) is 17.5 Å². The van der Waals surface area contributed by atoms with Gasteiger partial charge in [0.15, 0.2) is 23.5 Å². The van der Waals surface area contributed by atoms with Gasteiger partial charge in [0.25, 0.3) is 0 Å². The summed E-state index contributed by atoms with van der Waals surface area (Å²) in [7, 11) is 1.20. The number of fused-ring (bicyclic) bond motifs is 1. The molecule has 44 heavy (non-hydrogen) atoms. The van der Waals surface area contributed by atoms with E-state index >= 15 is 0 Å². The van der Waals surface area contributed by atoms with Crippen LogP contribution in [0.4, 0.5) is 0 Å². The van der Waals surface area contributed by atoms with E-state index in [1.807, 2.05) is 0 Å². The molecule has 0 spiro atoms. The van der Waals surface area contributed by atoms with Crippen LogP contribution < -0.4 is 14.9 Å². The molecule has 2 aliphatic heterocycles. The van der Waals surface area contributed by atoms with Crippen molar-refractivity contribution in [3.05, 3.63) is 40.6 Å².